The Balaban J connectivity index is 0.00000178. The number of aromatic nitrogens is 2. The Morgan fingerprint density at radius 2 is 1.67 bits per heavy atom. The number of carboxylic acid groups (broad SMARTS) is 2. The van der Waals surface area contributed by atoms with E-state index in [0.29, 0.717) is 16.4 Å². The molecule has 4 aromatic rings. The number of rotatable bonds is 6. The van der Waals surface area contributed by atoms with Crippen LogP contribution in [0.25, 0.3) is 34.0 Å². The molecule has 1 amide bonds. The van der Waals surface area contributed by atoms with Gasteiger partial charge in [0.1, 0.15) is 5.82 Å². The number of nitrogens with two attached hydrogens (primary N) is 2. The van der Waals surface area contributed by atoms with Gasteiger partial charge >= 0.3 is 33.0 Å². The van der Waals surface area contributed by atoms with Crippen LogP contribution in [0.15, 0.2) is 66.0 Å². The number of amides is 1. The van der Waals surface area contributed by atoms with Gasteiger partial charge < -0.3 is 27.8 Å². The van der Waals surface area contributed by atoms with Crippen molar-refractivity contribution in [1.82, 2.24) is 15.4 Å². The summed E-state index contributed by atoms with van der Waals surface area (Å²) >= 11 is 6.11. The summed E-state index contributed by atoms with van der Waals surface area (Å²) in [5.74, 6) is -2.83. The Labute approximate surface area is 241 Å². The number of nitrogens with one attached hydrogen (secondary N) is 2. The molecule has 2 aromatic heterocycles. The second kappa shape index (κ2) is 12.3. The van der Waals surface area contributed by atoms with Crippen LogP contribution in [0, 0.1) is 5.41 Å². The van der Waals surface area contributed by atoms with Crippen molar-refractivity contribution in [2.75, 3.05) is 5.32 Å². The number of pyridine rings is 2. The number of hydrazone groups is 1. The fraction of sp³-hybridized carbons (Fsp3) is 0.120. The number of halogens is 1. The van der Waals surface area contributed by atoms with E-state index >= 15 is 0 Å². The van der Waals surface area contributed by atoms with E-state index < -0.39 is 23.3 Å². The largest absolute Gasteiger partial charge is 2.00 e. The molecular formula is C25H22ClN7O5Pt. The Bertz CT molecular complexity index is 1590. The summed E-state index contributed by atoms with van der Waals surface area (Å²) in [6.07, 6.45) is 2.86. The minimum atomic E-state index is -1.89. The molecule has 0 spiro atoms. The first-order chi connectivity index (χ1) is 17.3. The third-order valence-corrected chi connectivity index (χ3v) is 6.33. The van der Waals surface area contributed by atoms with Crippen LogP contribution >= 0.6 is 11.6 Å². The van der Waals surface area contributed by atoms with Gasteiger partial charge in [-0.2, -0.15) is 5.10 Å². The second-order valence-corrected chi connectivity index (χ2v) is 8.85. The summed E-state index contributed by atoms with van der Waals surface area (Å²) in [5, 5.41) is 28.6. The van der Waals surface area contributed by atoms with E-state index in [9.17, 15) is 24.6 Å². The van der Waals surface area contributed by atoms with Gasteiger partial charge in [-0.05, 0) is 36.4 Å². The first-order valence-corrected chi connectivity index (χ1v) is 11.2. The van der Waals surface area contributed by atoms with Gasteiger partial charge in [0.25, 0.3) is 5.91 Å². The minimum Gasteiger partial charge on any atom is -0.693 e. The van der Waals surface area contributed by atoms with Crippen LogP contribution < -0.4 is 10.7 Å². The van der Waals surface area contributed by atoms with Crippen LogP contribution in [0.3, 0.4) is 0 Å². The van der Waals surface area contributed by atoms with E-state index in [0.717, 1.165) is 21.8 Å². The molecule has 12 nitrogen and oxygen atoms in total. The van der Waals surface area contributed by atoms with Gasteiger partial charge in [-0.25, -0.2) is 10.4 Å². The van der Waals surface area contributed by atoms with Crippen molar-refractivity contribution in [2.45, 2.75) is 12.8 Å². The Kier molecular flexibility index (Phi) is 9.83. The predicted molar refractivity (Wildman–Crippen MR) is 144 cm³/mol. The van der Waals surface area contributed by atoms with Gasteiger partial charge in [0.05, 0.1) is 5.52 Å². The molecule has 1 fully saturated rings. The number of fused-ring (bicyclic) bond motifs is 3. The van der Waals surface area contributed by atoms with E-state index in [1.54, 1.807) is 42.7 Å². The van der Waals surface area contributed by atoms with Crippen LogP contribution in [-0.4, -0.2) is 43.7 Å². The average molecular weight is 731 g/mol. The van der Waals surface area contributed by atoms with Crippen molar-refractivity contribution in [3.63, 3.8) is 0 Å². The van der Waals surface area contributed by atoms with E-state index in [1.807, 2.05) is 18.2 Å². The molecule has 39 heavy (non-hydrogen) atoms. The Hall–Kier alpha value is -3.96. The van der Waals surface area contributed by atoms with Crippen molar-refractivity contribution in [2.24, 2.45) is 10.5 Å². The van der Waals surface area contributed by atoms with Gasteiger partial charge in [0.15, 0.2) is 5.41 Å². The summed E-state index contributed by atoms with van der Waals surface area (Å²) in [6.45, 7) is 0. The molecule has 0 bridgehead atoms. The van der Waals surface area contributed by atoms with Crippen molar-refractivity contribution >= 4 is 68.3 Å². The maximum absolute atomic E-state index is 12.7. The maximum Gasteiger partial charge on any atom is 2.00 e. The van der Waals surface area contributed by atoms with Crippen LogP contribution in [0.4, 0.5) is 11.5 Å². The average Bonchev–Trinajstić information content (AvgIpc) is 2.82. The molecule has 2 heterocycles. The third kappa shape index (κ3) is 5.89. The molecule has 0 unspecified atom stereocenters. The number of carbonyl (C=O) groups is 3. The molecule has 1 aliphatic carbocycles. The number of hydrogen-bond donors (Lipinski definition) is 4. The monoisotopic (exact) mass is 730 g/mol. The smallest absolute Gasteiger partial charge is 0.693 e. The van der Waals surface area contributed by atoms with Crippen molar-refractivity contribution in [3.8, 4) is 0 Å². The summed E-state index contributed by atoms with van der Waals surface area (Å²) in [5.41, 5.74) is 2.33. The zero-order valence-corrected chi connectivity index (χ0v) is 23.0. The van der Waals surface area contributed by atoms with Crippen LogP contribution in [0.5, 0.6) is 0 Å². The number of benzene rings is 2. The molecule has 1 saturated carbocycles. The van der Waals surface area contributed by atoms with Gasteiger partial charge in [0.2, 0.25) is 0 Å². The molecule has 8 N–H and O–H groups in total. The minimum absolute atomic E-state index is 0. The summed E-state index contributed by atoms with van der Waals surface area (Å²) < 4.78 is 0. The van der Waals surface area contributed by atoms with E-state index in [1.165, 1.54) is 0 Å². The maximum atomic E-state index is 12.7. The van der Waals surface area contributed by atoms with Crippen LogP contribution in [-0.2, 0) is 30.7 Å². The number of aliphatic carboxylic acids is 2. The molecule has 2 aromatic carbocycles. The summed E-state index contributed by atoms with van der Waals surface area (Å²) in [4.78, 5) is 44.2. The zero-order valence-electron chi connectivity index (χ0n) is 20.0. The van der Waals surface area contributed by atoms with E-state index in [2.05, 4.69) is 20.8 Å². The number of carbonyl (C=O) groups excluding carboxylic acids is 1. The molecule has 204 valence electrons. The Morgan fingerprint density at radius 3 is 2.33 bits per heavy atom. The molecule has 0 aliphatic heterocycles. The quantitative estimate of drug-likeness (QED) is 0.110. The zero-order chi connectivity index (χ0) is 25.4. The van der Waals surface area contributed by atoms with Gasteiger partial charge in [-0.15, -0.1) is 0 Å². The SMILES string of the molecule is O=C(NN=C1CC(C(=O)O)(C(=O)O)C1)c1ccc2c(c1)nc(Nc1cccc(Cl)c1)c1ccncc12.[NH2-].[NH2-].[Pt+2]. The van der Waals surface area contributed by atoms with Gasteiger partial charge in [-0.1, -0.05) is 23.7 Å². The fourth-order valence-electron chi connectivity index (χ4n) is 4.10. The van der Waals surface area contributed by atoms with Crippen molar-refractivity contribution in [3.05, 3.63) is 83.8 Å². The van der Waals surface area contributed by atoms with E-state index in [4.69, 9.17) is 16.6 Å². The van der Waals surface area contributed by atoms with Crippen molar-refractivity contribution in [1.29, 1.82) is 0 Å². The molecule has 14 heteroatoms. The Morgan fingerprint density at radius 1 is 0.949 bits per heavy atom. The second-order valence-electron chi connectivity index (χ2n) is 8.41. The molecule has 0 atom stereocenters. The summed E-state index contributed by atoms with van der Waals surface area (Å²) in [6, 6.07) is 14.1. The number of carboxylic acids is 2. The third-order valence-electron chi connectivity index (χ3n) is 6.09. The first kappa shape index (κ1) is 31.3. The molecule has 0 radical (unpaired) electrons. The van der Waals surface area contributed by atoms with E-state index in [-0.39, 0.29) is 57.5 Å². The topological polar surface area (TPSA) is 221 Å². The predicted octanol–water partition coefficient (Wildman–Crippen LogP) is 5.65. The van der Waals surface area contributed by atoms with Gasteiger partial charge in [0, 0.05) is 63.4 Å². The van der Waals surface area contributed by atoms with Crippen molar-refractivity contribution < 1.29 is 45.7 Å². The number of hydrogen-bond acceptors (Lipinski definition) is 7. The normalized spacial score (nSPS) is 13.1. The molecule has 5 rings (SSSR count). The molecule has 0 saturated heterocycles. The fourth-order valence-corrected chi connectivity index (χ4v) is 4.29. The first-order valence-electron chi connectivity index (χ1n) is 10.8. The summed E-state index contributed by atoms with van der Waals surface area (Å²) in [7, 11) is 0. The molecular weight excluding hydrogens is 709 g/mol. The van der Waals surface area contributed by atoms with Crippen LogP contribution in [0.1, 0.15) is 23.2 Å². The van der Waals surface area contributed by atoms with Gasteiger partial charge in [-0.3, -0.25) is 19.4 Å². The molecule has 1 aliphatic rings. The number of anilines is 2. The van der Waals surface area contributed by atoms with Crippen LogP contribution in [0.2, 0.25) is 5.02 Å². The standard InChI is InChI=1S/C25H18ClN5O5.2H2N.Pt/c26-14-2-1-3-15(9-14)28-21-18-6-7-27-12-19(18)17-5-4-13(8-20(17)29-21)22(32)31-30-16-10-25(11-16,23(33)34)24(35)36;;;/h1-9,12H,10-11H2,(H,28,29)(H,31,32)(H,33,34)(H,35,36);2*1H2;/q;2*-1;+2. The number of nitrogens with zero attached hydrogens (tertiary/aromatic N) is 3.